The number of piperidine rings is 1. The number of carbonyl (C=O) groups is 1. The smallest absolute Gasteiger partial charge is 0.246 e. The molecule has 4 aromatic rings. The van der Waals surface area contributed by atoms with Gasteiger partial charge in [-0.15, -0.1) is 0 Å². The summed E-state index contributed by atoms with van der Waals surface area (Å²) in [6.07, 6.45) is 8.37. The standard InChI is InChI=1S/C37H40Cl2FN9O/c1-21-29(38)13-22-16-42-17-27(22)32(21)33-30(39)15-26-35(34(33)40)44-37(47-19-25(20-47)46(4)5)28-18-43-49(36(26)28)24-9-12-48(23(14-24)8-10-41)31(50)7-6-11-45(2)3/h6-7,13,15,17-18,23-25H,8-9,11-12,14,16,19-20H2,1-5H3/b7-6+/t23-,24+/m1/s1. The number of hydrogen-bond acceptors (Lipinski definition) is 8. The zero-order valence-corrected chi connectivity index (χ0v) is 30.4. The lowest BCUT2D eigenvalue weighted by Crippen LogP contribution is -2.57. The second-order valence-corrected chi connectivity index (χ2v) is 14.9. The number of aliphatic imine (C=N–C) groups is 1. The Labute approximate surface area is 301 Å². The Morgan fingerprint density at radius 2 is 1.92 bits per heavy atom. The molecule has 2 saturated heterocycles. The molecule has 3 aliphatic heterocycles. The minimum atomic E-state index is -0.520. The fourth-order valence-electron chi connectivity index (χ4n) is 7.52. The van der Waals surface area contributed by atoms with Crippen LogP contribution in [-0.2, 0) is 11.3 Å². The fourth-order valence-corrected chi connectivity index (χ4v) is 8.03. The third kappa shape index (κ3) is 5.92. The van der Waals surface area contributed by atoms with Gasteiger partial charge in [-0.3, -0.25) is 14.5 Å². The van der Waals surface area contributed by atoms with Crippen LogP contribution in [0.1, 0.15) is 42.0 Å². The molecular weight excluding hydrogens is 676 g/mol. The molecule has 260 valence electrons. The van der Waals surface area contributed by atoms with Gasteiger partial charge in [-0.2, -0.15) is 10.4 Å². The fraction of sp³-hybridized carbons (Fsp3) is 0.432. The van der Waals surface area contributed by atoms with Crippen molar-refractivity contribution in [1.82, 2.24) is 29.5 Å². The first kappa shape index (κ1) is 34.4. The quantitative estimate of drug-likeness (QED) is 0.199. The second kappa shape index (κ2) is 13.6. The Hall–Kier alpha value is -4.08. The lowest BCUT2D eigenvalue weighted by atomic mass is 9.91. The first-order valence-corrected chi connectivity index (χ1v) is 17.6. The highest BCUT2D eigenvalue weighted by atomic mass is 35.5. The molecular formula is C37H40Cl2FN9O. The SMILES string of the molecule is Cc1c(Cl)cc2c(c1-c1c(Cl)cc3c(nc(N4CC(N(C)C)C4)c4cnn([C@H]5CCN(C(=O)/C=C/CN(C)C)[C@H](CC#N)C5)c43)c1F)C=NC2. The van der Waals surface area contributed by atoms with Crippen LogP contribution in [-0.4, -0.2) is 108 Å². The van der Waals surface area contributed by atoms with Crippen LogP contribution in [0.2, 0.25) is 10.0 Å². The average Bonchev–Trinajstić information content (AvgIpc) is 3.70. The number of benzene rings is 2. The molecule has 0 saturated carbocycles. The van der Waals surface area contributed by atoms with E-state index in [-0.39, 0.29) is 40.5 Å². The van der Waals surface area contributed by atoms with Crippen molar-refractivity contribution in [2.24, 2.45) is 4.99 Å². The first-order valence-electron chi connectivity index (χ1n) is 16.9. The second-order valence-electron chi connectivity index (χ2n) is 14.0. The Bertz CT molecular complexity index is 2110. The van der Waals surface area contributed by atoms with Gasteiger partial charge in [0.1, 0.15) is 11.3 Å². The number of carbonyl (C=O) groups excluding carboxylic acids is 1. The van der Waals surface area contributed by atoms with Crippen molar-refractivity contribution >= 4 is 62.9 Å². The Morgan fingerprint density at radius 3 is 2.64 bits per heavy atom. The largest absolute Gasteiger partial charge is 0.353 e. The molecule has 1 amide bonds. The highest BCUT2D eigenvalue weighted by molar-refractivity contribution is 6.36. The highest BCUT2D eigenvalue weighted by Gasteiger charge is 2.36. The maximum Gasteiger partial charge on any atom is 0.246 e. The predicted octanol–water partition coefficient (Wildman–Crippen LogP) is 6.25. The zero-order chi connectivity index (χ0) is 35.4. The van der Waals surface area contributed by atoms with Crippen LogP contribution >= 0.6 is 23.2 Å². The molecule has 7 rings (SSSR count). The van der Waals surface area contributed by atoms with E-state index >= 15 is 4.39 Å². The van der Waals surface area contributed by atoms with Gasteiger partial charge in [0.25, 0.3) is 0 Å². The monoisotopic (exact) mass is 715 g/mol. The van der Waals surface area contributed by atoms with Gasteiger partial charge in [0.05, 0.1) is 47.2 Å². The lowest BCUT2D eigenvalue weighted by Gasteiger charge is -2.43. The minimum absolute atomic E-state index is 0.102. The van der Waals surface area contributed by atoms with E-state index < -0.39 is 5.82 Å². The molecule has 0 N–H and O–H groups in total. The Morgan fingerprint density at radius 1 is 1.14 bits per heavy atom. The van der Waals surface area contributed by atoms with Gasteiger partial charge in [-0.25, -0.2) is 9.37 Å². The number of nitrogens with zero attached hydrogens (tertiary/aromatic N) is 9. The number of rotatable bonds is 8. The molecule has 2 atom stereocenters. The van der Waals surface area contributed by atoms with Crippen molar-refractivity contribution < 1.29 is 9.18 Å². The number of likely N-dealkylation sites (N-methyl/N-ethyl adjacent to an activating group) is 2. The van der Waals surface area contributed by atoms with E-state index in [9.17, 15) is 10.1 Å². The summed E-state index contributed by atoms with van der Waals surface area (Å²) in [5.41, 5.74) is 4.30. The molecule has 0 bridgehead atoms. The van der Waals surface area contributed by atoms with Gasteiger partial charge >= 0.3 is 0 Å². The summed E-state index contributed by atoms with van der Waals surface area (Å²) < 4.78 is 19.2. The number of halogens is 3. The molecule has 10 nitrogen and oxygen atoms in total. The Balaban J connectivity index is 1.37. The van der Waals surface area contributed by atoms with Crippen LogP contribution in [0.3, 0.4) is 0 Å². The molecule has 50 heavy (non-hydrogen) atoms. The molecule has 3 aliphatic rings. The van der Waals surface area contributed by atoms with Gasteiger partial charge < -0.3 is 19.6 Å². The average molecular weight is 717 g/mol. The van der Waals surface area contributed by atoms with E-state index in [1.165, 1.54) is 0 Å². The molecule has 0 radical (unpaired) electrons. The molecule has 0 unspecified atom stereocenters. The normalized spacial score (nSPS) is 19.4. The van der Waals surface area contributed by atoms with Gasteiger partial charge in [0.2, 0.25) is 5.91 Å². The summed E-state index contributed by atoms with van der Waals surface area (Å²) in [6, 6.07) is 5.88. The molecule has 2 aromatic heterocycles. The van der Waals surface area contributed by atoms with Crippen LogP contribution in [0.15, 0.2) is 35.5 Å². The summed E-state index contributed by atoms with van der Waals surface area (Å²) in [5, 5.41) is 16.8. The number of anilines is 1. The van der Waals surface area contributed by atoms with Crippen LogP contribution in [0.5, 0.6) is 0 Å². The third-order valence-electron chi connectivity index (χ3n) is 10.4. The van der Waals surface area contributed by atoms with Gasteiger partial charge in [-0.05, 0) is 76.8 Å². The summed E-state index contributed by atoms with van der Waals surface area (Å²) in [7, 11) is 8.00. The number of likely N-dealkylation sites (tertiary alicyclic amines) is 1. The number of hydrogen-bond donors (Lipinski definition) is 0. The topological polar surface area (TPSA) is 96.9 Å². The number of nitriles is 1. The summed E-state index contributed by atoms with van der Waals surface area (Å²) in [4.78, 5) is 30.8. The molecule has 13 heteroatoms. The molecule has 2 fully saturated rings. The maximum absolute atomic E-state index is 17.2. The molecule has 0 spiro atoms. The summed E-state index contributed by atoms with van der Waals surface area (Å²) >= 11 is 13.7. The highest BCUT2D eigenvalue weighted by Crippen LogP contribution is 2.45. The summed E-state index contributed by atoms with van der Waals surface area (Å²) in [5.74, 6) is 0.0503. The molecule has 5 heterocycles. The number of fused-ring (bicyclic) bond motifs is 4. The van der Waals surface area contributed by atoms with E-state index in [0.717, 1.165) is 40.7 Å². The maximum atomic E-state index is 17.2. The molecule has 0 aliphatic carbocycles. The van der Waals surface area contributed by atoms with Crippen molar-refractivity contribution in [1.29, 1.82) is 5.26 Å². The van der Waals surface area contributed by atoms with Crippen molar-refractivity contribution in [2.75, 3.05) is 59.3 Å². The van der Waals surface area contributed by atoms with Crippen molar-refractivity contribution in [3.05, 3.63) is 63.0 Å². The van der Waals surface area contributed by atoms with Crippen molar-refractivity contribution in [2.45, 2.75) is 50.9 Å². The van der Waals surface area contributed by atoms with E-state index in [2.05, 4.69) is 35.0 Å². The van der Waals surface area contributed by atoms with E-state index in [4.69, 9.17) is 33.3 Å². The van der Waals surface area contributed by atoms with Gasteiger partial charge in [-0.1, -0.05) is 29.3 Å². The van der Waals surface area contributed by atoms with Crippen molar-refractivity contribution in [3.8, 4) is 17.2 Å². The Kier molecular flexibility index (Phi) is 9.33. The predicted molar refractivity (Wildman–Crippen MR) is 198 cm³/mol. The van der Waals surface area contributed by atoms with Crippen LogP contribution in [0.25, 0.3) is 32.9 Å². The number of aromatic nitrogens is 3. The number of pyridine rings is 1. The van der Waals surface area contributed by atoms with Crippen LogP contribution in [0, 0.1) is 24.1 Å². The van der Waals surface area contributed by atoms with Gasteiger partial charge in [0.15, 0.2) is 5.82 Å². The van der Waals surface area contributed by atoms with E-state index in [0.29, 0.717) is 60.3 Å². The number of amides is 1. The lowest BCUT2D eigenvalue weighted by molar-refractivity contribution is -0.130. The van der Waals surface area contributed by atoms with Crippen LogP contribution in [0.4, 0.5) is 10.2 Å². The van der Waals surface area contributed by atoms with E-state index in [1.54, 1.807) is 23.3 Å². The molecule has 2 aromatic carbocycles. The zero-order valence-electron chi connectivity index (χ0n) is 28.9. The summed E-state index contributed by atoms with van der Waals surface area (Å²) in [6.45, 7) is 4.96. The first-order chi connectivity index (χ1) is 24.0. The van der Waals surface area contributed by atoms with Gasteiger partial charge in [0, 0.05) is 72.1 Å². The third-order valence-corrected chi connectivity index (χ3v) is 11.0. The minimum Gasteiger partial charge on any atom is -0.353 e. The van der Waals surface area contributed by atoms with Crippen LogP contribution < -0.4 is 4.90 Å². The van der Waals surface area contributed by atoms with Crippen molar-refractivity contribution in [3.63, 3.8) is 0 Å². The van der Waals surface area contributed by atoms with E-state index in [1.807, 2.05) is 48.9 Å².